The second-order valence-corrected chi connectivity index (χ2v) is 5.28. The topological polar surface area (TPSA) is 76.1 Å². The highest BCUT2D eigenvalue weighted by molar-refractivity contribution is 5.94. The van der Waals surface area contributed by atoms with Crippen molar-refractivity contribution in [2.24, 2.45) is 5.92 Å². The lowest BCUT2D eigenvalue weighted by Crippen LogP contribution is -2.33. The fraction of sp³-hybridized carbons (Fsp3) is 0.500. The molecule has 0 aliphatic heterocycles. The van der Waals surface area contributed by atoms with Gasteiger partial charge in [0.1, 0.15) is 5.82 Å². The first-order chi connectivity index (χ1) is 10.9. The molecule has 7 heteroatoms. The molecule has 1 unspecified atom stereocenters. The van der Waals surface area contributed by atoms with Crippen molar-refractivity contribution in [3.63, 3.8) is 0 Å². The van der Waals surface area contributed by atoms with Gasteiger partial charge in [-0.3, -0.25) is 9.59 Å². The van der Waals surface area contributed by atoms with Gasteiger partial charge < -0.3 is 19.5 Å². The number of methoxy groups -OCH3 is 1. The van der Waals surface area contributed by atoms with E-state index in [1.54, 1.807) is 0 Å². The van der Waals surface area contributed by atoms with Crippen LogP contribution in [0.25, 0.3) is 0 Å². The van der Waals surface area contributed by atoms with Crippen molar-refractivity contribution in [3.05, 3.63) is 35.1 Å². The maximum Gasteiger partial charge on any atom is 0.308 e. The molecule has 0 radical (unpaired) electrons. The molecule has 0 bridgehead atoms. The summed E-state index contributed by atoms with van der Waals surface area (Å²) in [5.74, 6) is -2.48. The van der Waals surface area contributed by atoms with Crippen LogP contribution in [0.5, 0.6) is 0 Å². The van der Waals surface area contributed by atoms with E-state index >= 15 is 0 Å². The lowest BCUT2D eigenvalue weighted by atomic mass is 10.1. The number of amides is 1. The van der Waals surface area contributed by atoms with E-state index in [1.807, 2.05) is 0 Å². The summed E-state index contributed by atoms with van der Waals surface area (Å²) in [6.45, 7) is 2.35. The highest BCUT2D eigenvalue weighted by Crippen LogP contribution is 2.14. The Bertz CT molecular complexity index is 549. The average Bonchev–Trinajstić information content (AvgIpc) is 2.52. The number of carboxylic acid groups (broad SMARTS) is 1. The van der Waals surface area contributed by atoms with Crippen LogP contribution in [-0.2, 0) is 20.9 Å². The van der Waals surface area contributed by atoms with E-state index in [2.05, 4.69) is 0 Å². The first-order valence-electron chi connectivity index (χ1n) is 7.20. The molecule has 1 aromatic carbocycles. The van der Waals surface area contributed by atoms with Crippen LogP contribution in [0.1, 0.15) is 22.8 Å². The molecule has 0 saturated carbocycles. The molecule has 23 heavy (non-hydrogen) atoms. The summed E-state index contributed by atoms with van der Waals surface area (Å²) in [6, 6.07) is 4.00. The molecule has 0 aliphatic carbocycles. The van der Waals surface area contributed by atoms with Gasteiger partial charge in [-0.05, 0) is 18.2 Å². The van der Waals surface area contributed by atoms with Gasteiger partial charge in [-0.1, -0.05) is 6.92 Å². The van der Waals surface area contributed by atoms with Crippen LogP contribution in [0.15, 0.2) is 18.2 Å². The highest BCUT2D eigenvalue weighted by atomic mass is 19.1. The number of aliphatic carboxylic acids is 1. The Balaban J connectivity index is 2.75. The molecule has 1 rings (SSSR count). The number of rotatable bonds is 9. The van der Waals surface area contributed by atoms with E-state index in [0.717, 1.165) is 0 Å². The molecule has 0 heterocycles. The third-order valence-corrected chi connectivity index (χ3v) is 3.30. The van der Waals surface area contributed by atoms with E-state index in [4.69, 9.17) is 14.6 Å². The summed E-state index contributed by atoms with van der Waals surface area (Å²) in [6.07, 6.45) is 0. The van der Waals surface area contributed by atoms with Crippen molar-refractivity contribution in [3.8, 4) is 0 Å². The summed E-state index contributed by atoms with van der Waals surface area (Å²) < 4.78 is 23.8. The lowest BCUT2D eigenvalue weighted by Gasteiger charge is -2.20. The number of hydrogen-bond acceptors (Lipinski definition) is 4. The monoisotopic (exact) mass is 327 g/mol. The number of hydrogen-bond donors (Lipinski definition) is 1. The van der Waals surface area contributed by atoms with Crippen molar-refractivity contribution >= 4 is 11.9 Å². The van der Waals surface area contributed by atoms with Crippen molar-refractivity contribution < 1.29 is 28.6 Å². The van der Waals surface area contributed by atoms with Gasteiger partial charge in [0.25, 0.3) is 5.91 Å². The fourth-order valence-electron chi connectivity index (χ4n) is 1.93. The minimum absolute atomic E-state index is 0.0333. The smallest absolute Gasteiger partial charge is 0.308 e. The summed E-state index contributed by atoms with van der Waals surface area (Å²) in [5, 5.41) is 8.89. The van der Waals surface area contributed by atoms with Gasteiger partial charge in [0.2, 0.25) is 0 Å². The largest absolute Gasteiger partial charge is 0.481 e. The molecular weight excluding hydrogens is 305 g/mol. The fourth-order valence-corrected chi connectivity index (χ4v) is 1.93. The molecule has 1 aromatic rings. The van der Waals surface area contributed by atoms with Gasteiger partial charge in [0.15, 0.2) is 0 Å². The van der Waals surface area contributed by atoms with Crippen LogP contribution in [0.3, 0.4) is 0 Å². The molecule has 0 spiro atoms. The third kappa shape index (κ3) is 5.96. The number of nitrogens with zero attached hydrogens (tertiary/aromatic N) is 1. The standard InChI is InChI=1S/C16H22FNO5/c1-11(16(20)21)9-18(2)15(19)12-4-5-14(17)13(8-12)10-23-7-6-22-3/h4-5,8,11H,6-7,9-10H2,1-3H3,(H,20,21). The van der Waals surface area contributed by atoms with Gasteiger partial charge in [-0.25, -0.2) is 4.39 Å². The van der Waals surface area contributed by atoms with Gasteiger partial charge >= 0.3 is 5.97 Å². The lowest BCUT2D eigenvalue weighted by molar-refractivity contribution is -0.141. The Kier molecular flexibility index (Phi) is 7.64. The predicted octanol–water partition coefficient (Wildman–Crippen LogP) is 1.78. The molecule has 0 aliphatic rings. The van der Waals surface area contributed by atoms with E-state index in [1.165, 1.54) is 44.2 Å². The second-order valence-electron chi connectivity index (χ2n) is 5.28. The Morgan fingerprint density at radius 2 is 2.04 bits per heavy atom. The molecule has 0 fully saturated rings. The highest BCUT2D eigenvalue weighted by Gasteiger charge is 2.19. The Morgan fingerprint density at radius 1 is 1.35 bits per heavy atom. The zero-order chi connectivity index (χ0) is 17.4. The number of ether oxygens (including phenoxy) is 2. The van der Waals surface area contributed by atoms with Gasteiger partial charge in [-0.2, -0.15) is 0 Å². The minimum atomic E-state index is -0.976. The van der Waals surface area contributed by atoms with Crippen molar-refractivity contribution in [1.82, 2.24) is 4.90 Å². The Labute approximate surface area is 134 Å². The molecular formula is C16H22FNO5. The van der Waals surface area contributed by atoms with Crippen molar-refractivity contribution in [2.75, 3.05) is 33.9 Å². The van der Waals surface area contributed by atoms with Gasteiger partial charge in [-0.15, -0.1) is 0 Å². The van der Waals surface area contributed by atoms with Crippen LogP contribution in [0, 0.1) is 11.7 Å². The molecule has 1 N–H and O–H groups in total. The van der Waals surface area contributed by atoms with E-state index in [9.17, 15) is 14.0 Å². The average molecular weight is 327 g/mol. The normalized spacial score (nSPS) is 12.0. The first-order valence-corrected chi connectivity index (χ1v) is 7.20. The van der Waals surface area contributed by atoms with Crippen LogP contribution in [-0.4, -0.2) is 55.8 Å². The van der Waals surface area contributed by atoms with E-state index in [-0.39, 0.29) is 30.2 Å². The maximum atomic E-state index is 13.7. The SMILES string of the molecule is COCCOCc1cc(C(=O)N(C)CC(C)C(=O)O)ccc1F. The van der Waals surface area contributed by atoms with Crippen LogP contribution >= 0.6 is 0 Å². The summed E-state index contributed by atoms with van der Waals surface area (Å²) in [4.78, 5) is 24.4. The van der Waals surface area contributed by atoms with Gasteiger partial charge in [0.05, 0.1) is 25.7 Å². The van der Waals surface area contributed by atoms with E-state index in [0.29, 0.717) is 13.2 Å². The van der Waals surface area contributed by atoms with E-state index < -0.39 is 17.7 Å². The third-order valence-electron chi connectivity index (χ3n) is 3.30. The van der Waals surface area contributed by atoms with Crippen LogP contribution in [0.2, 0.25) is 0 Å². The maximum absolute atomic E-state index is 13.7. The number of carboxylic acids is 1. The van der Waals surface area contributed by atoms with Crippen LogP contribution in [0.4, 0.5) is 4.39 Å². The first kappa shape index (κ1) is 19.1. The zero-order valence-electron chi connectivity index (χ0n) is 13.5. The summed E-state index contributed by atoms with van der Waals surface area (Å²) in [5.41, 5.74) is 0.559. The molecule has 6 nitrogen and oxygen atoms in total. The van der Waals surface area contributed by atoms with Crippen molar-refractivity contribution in [1.29, 1.82) is 0 Å². The Hall–Kier alpha value is -1.99. The number of halogens is 1. The van der Waals surface area contributed by atoms with Crippen LogP contribution < -0.4 is 0 Å². The molecule has 1 amide bonds. The molecule has 0 saturated heterocycles. The number of benzene rings is 1. The molecule has 128 valence electrons. The second kappa shape index (κ2) is 9.22. The van der Waals surface area contributed by atoms with Crippen molar-refractivity contribution in [2.45, 2.75) is 13.5 Å². The number of carbonyl (C=O) groups is 2. The Morgan fingerprint density at radius 3 is 2.65 bits per heavy atom. The zero-order valence-corrected chi connectivity index (χ0v) is 13.5. The molecule has 0 aromatic heterocycles. The summed E-state index contributed by atoms with van der Waals surface area (Å²) in [7, 11) is 3.05. The summed E-state index contributed by atoms with van der Waals surface area (Å²) >= 11 is 0. The quantitative estimate of drug-likeness (QED) is 0.700. The minimum Gasteiger partial charge on any atom is -0.481 e. The van der Waals surface area contributed by atoms with Gasteiger partial charge in [0, 0.05) is 31.8 Å². The molecule has 1 atom stereocenters. The predicted molar refractivity (Wildman–Crippen MR) is 81.7 cm³/mol. The number of carbonyl (C=O) groups excluding carboxylic acids is 1.